The lowest BCUT2D eigenvalue weighted by atomic mass is 9.92. The molecule has 2 atom stereocenters. The number of carbonyl (C=O) groups excluding carboxylic acids is 3. The largest absolute Gasteiger partial charge is 0.341 e. The highest BCUT2D eigenvalue weighted by atomic mass is 16.2. The van der Waals surface area contributed by atoms with Crippen molar-refractivity contribution in [3.05, 3.63) is 35.9 Å². The molecule has 6 heteroatoms. The fraction of sp³-hybridized carbons (Fsp3) is 0.500. The van der Waals surface area contributed by atoms with E-state index in [0.29, 0.717) is 18.7 Å². The Morgan fingerprint density at radius 3 is 2.38 bits per heavy atom. The third-order valence-electron chi connectivity index (χ3n) is 4.99. The second-order valence-electron chi connectivity index (χ2n) is 6.66. The Kier molecular flexibility index (Phi) is 4.30. The molecule has 0 aliphatic carbocycles. The van der Waals surface area contributed by atoms with E-state index >= 15 is 0 Å². The minimum absolute atomic E-state index is 0.157. The van der Waals surface area contributed by atoms with E-state index in [1.54, 1.807) is 30.9 Å². The Morgan fingerprint density at radius 2 is 1.75 bits per heavy atom. The Morgan fingerprint density at radius 1 is 1.12 bits per heavy atom. The van der Waals surface area contributed by atoms with Crippen LogP contribution in [0.5, 0.6) is 0 Å². The van der Waals surface area contributed by atoms with E-state index in [4.69, 9.17) is 0 Å². The number of nitrogens with one attached hydrogen (secondary N) is 1. The molecule has 0 aromatic heterocycles. The van der Waals surface area contributed by atoms with E-state index in [2.05, 4.69) is 5.32 Å². The highest BCUT2D eigenvalue weighted by Gasteiger charge is 2.52. The van der Waals surface area contributed by atoms with Gasteiger partial charge in [0.2, 0.25) is 5.91 Å². The van der Waals surface area contributed by atoms with Crippen molar-refractivity contribution in [1.29, 1.82) is 0 Å². The molecule has 1 N–H and O–H groups in total. The van der Waals surface area contributed by atoms with Crippen molar-refractivity contribution in [3.63, 3.8) is 0 Å². The van der Waals surface area contributed by atoms with Crippen LogP contribution in [-0.4, -0.2) is 46.8 Å². The molecule has 0 unspecified atom stereocenters. The van der Waals surface area contributed by atoms with Crippen LogP contribution in [0.4, 0.5) is 4.79 Å². The van der Waals surface area contributed by atoms with Gasteiger partial charge in [-0.1, -0.05) is 30.3 Å². The van der Waals surface area contributed by atoms with Gasteiger partial charge in [0.05, 0.1) is 0 Å². The molecule has 128 valence electrons. The van der Waals surface area contributed by atoms with Gasteiger partial charge in [0, 0.05) is 13.1 Å². The monoisotopic (exact) mass is 329 g/mol. The van der Waals surface area contributed by atoms with Crippen LogP contribution in [0.2, 0.25) is 0 Å². The molecule has 2 heterocycles. The van der Waals surface area contributed by atoms with Crippen LogP contribution in [0.1, 0.15) is 38.7 Å². The lowest BCUT2D eigenvalue weighted by molar-refractivity contribution is -0.143. The first-order chi connectivity index (χ1) is 11.4. The highest BCUT2D eigenvalue weighted by molar-refractivity contribution is 6.09. The predicted octanol–water partition coefficient (Wildman–Crippen LogP) is 1.85. The summed E-state index contributed by atoms with van der Waals surface area (Å²) in [7, 11) is 0. The summed E-state index contributed by atoms with van der Waals surface area (Å²) in [4.78, 5) is 40.9. The summed E-state index contributed by atoms with van der Waals surface area (Å²) in [5, 5.41) is 2.75. The Bertz CT molecular complexity index is 655. The maximum absolute atomic E-state index is 12.9. The Labute approximate surface area is 141 Å². The quantitative estimate of drug-likeness (QED) is 0.861. The zero-order chi connectivity index (χ0) is 17.3. The van der Waals surface area contributed by atoms with Crippen molar-refractivity contribution < 1.29 is 14.4 Å². The van der Waals surface area contributed by atoms with Crippen molar-refractivity contribution in [2.24, 2.45) is 0 Å². The molecule has 0 bridgehead atoms. The van der Waals surface area contributed by atoms with Gasteiger partial charge in [0.1, 0.15) is 11.6 Å². The van der Waals surface area contributed by atoms with Crippen molar-refractivity contribution in [2.75, 3.05) is 13.1 Å². The maximum Gasteiger partial charge on any atom is 0.326 e. The van der Waals surface area contributed by atoms with E-state index < -0.39 is 17.6 Å². The molecule has 2 saturated heterocycles. The first kappa shape index (κ1) is 16.5. The van der Waals surface area contributed by atoms with Gasteiger partial charge in [0.25, 0.3) is 5.91 Å². The number of rotatable bonds is 3. The SMILES string of the molecule is C[C@H](C(=O)N1CCCCC1)N1C(=O)N[C@@](C)(c2ccccc2)C1=O. The lowest BCUT2D eigenvalue weighted by Crippen LogP contribution is -2.51. The summed E-state index contributed by atoms with van der Waals surface area (Å²) in [6.07, 6.45) is 3.06. The summed E-state index contributed by atoms with van der Waals surface area (Å²) in [6.45, 7) is 4.71. The average Bonchev–Trinajstić information content (AvgIpc) is 2.85. The molecule has 3 rings (SSSR count). The minimum Gasteiger partial charge on any atom is -0.341 e. The van der Waals surface area contributed by atoms with Crippen molar-refractivity contribution in [3.8, 4) is 0 Å². The average molecular weight is 329 g/mol. The van der Waals surface area contributed by atoms with Crippen LogP contribution in [0.15, 0.2) is 30.3 Å². The topological polar surface area (TPSA) is 69.7 Å². The van der Waals surface area contributed by atoms with E-state index in [1.807, 2.05) is 18.2 Å². The van der Waals surface area contributed by atoms with Crippen LogP contribution in [0.3, 0.4) is 0 Å². The second-order valence-corrected chi connectivity index (χ2v) is 6.66. The zero-order valence-electron chi connectivity index (χ0n) is 14.1. The van der Waals surface area contributed by atoms with E-state index in [1.165, 1.54) is 0 Å². The van der Waals surface area contributed by atoms with E-state index in [0.717, 1.165) is 24.2 Å². The summed E-state index contributed by atoms with van der Waals surface area (Å²) in [6, 6.07) is 7.81. The fourth-order valence-corrected chi connectivity index (χ4v) is 3.47. The molecule has 4 amide bonds. The summed E-state index contributed by atoms with van der Waals surface area (Å²) in [5.74, 6) is -0.535. The van der Waals surface area contributed by atoms with Gasteiger partial charge in [-0.3, -0.25) is 9.59 Å². The molecular weight excluding hydrogens is 306 g/mol. The van der Waals surface area contributed by atoms with E-state index in [-0.39, 0.29) is 11.8 Å². The van der Waals surface area contributed by atoms with Crippen molar-refractivity contribution >= 4 is 17.8 Å². The fourth-order valence-electron chi connectivity index (χ4n) is 3.47. The smallest absolute Gasteiger partial charge is 0.326 e. The molecule has 0 radical (unpaired) electrons. The van der Waals surface area contributed by atoms with Crippen LogP contribution >= 0.6 is 0 Å². The molecule has 2 aliphatic heterocycles. The number of piperidine rings is 1. The van der Waals surface area contributed by atoms with Crippen LogP contribution < -0.4 is 5.32 Å². The van der Waals surface area contributed by atoms with Gasteiger partial charge >= 0.3 is 6.03 Å². The molecule has 1 aromatic rings. The third-order valence-corrected chi connectivity index (χ3v) is 4.99. The van der Waals surface area contributed by atoms with Gasteiger partial charge in [0.15, 0.2) is 0 Å². The molecular formula is C18H23N3O3. The number of nitrogens with zero attached hydrogens (tertiary/aromatic N) is 2. The number of amides is 4. The van der Waals surface area contributed by atoms with Crippen molar-refractivity contribution in [2.45, 2.75) is 44.7 Å². The number of likely N-dealkylation sites (tertiary alicyclic amines) is 1. The number of carbonyl (C=O) groups is 3. The lowest BCUT2D eigenvalue weighted by Gasteiger charge is -2.32. The van der Waals surface area contributed by atoms with Gasteiger partial charge in [-0.05, 0) is 38.7 Å². The Balaban J connectivity index is 1.82. The number of urea groups is 1. The molecule has 0 spiro atoms. The summed E-state index contributed by atoms with van der Waals surface area (Å²) < 4.78 is 0. The molecule has 2 fully saturated rings. The number of hydrogen-bond acceptors (Lipinski definition) is 3. The maximum atomic E-state index is 12.9. The summed E-state index contributed by atoms with van der Waals surface area (Å²) in [5.41, 5.74) is -0.419. The number of hydrogen-bond donors (Lipinski definition) is 1. The molecule has 1 aromatic carbocycles. The van der Waals surface area contributed by atoms with Crippen LogP contribution in [0, 0.1) is 0 Å². The minimum atomic E-state index is -1.13. The summed E-state index contributed by atoms with van der Waals surface area (Å²) >= 11 is 0. The number of benzene rings is 1. The normalized spacial score (nSPS) is 25.6. The predicted molar refractivity (Wildman–Crippen MR) is 89.1 cm³/mol. The molecule has 6 nitrogen and oxygen atoms in total. The first-order valence-corrected chi connectivity index (χ1v) is 8.45. The van der Waals surface area contributed by atoms with Crippen molar-refractivity contribution in [1.82, 2.24) is 15.1 Å². The van der Waals surface area contributed by atoms with Gasteiger partial charge in [-0.2, -0.15) is 0 Å². The van der Waals surface area contributed by atoms with Crippen LogP contribution in [-0.2, 0) is 15.1 Å². The van der Waals surface area contributed by atoms with Gasteiger partial charge < -0.3 is 10.2 Å². The Hall–Kier alpha value is -2.37. The second kappa shape index (κ2) is 6.26. The highest BCUT2D eigenvalue weighted by Crippen LogP contribution is 2.30. The molecule has 2 aliphatic rings. The molecule has 24 heavy (non-hydrogen) atoms. The van der Waals surface area contributed by atoms with Gasteiger partial charge in [-0.25, -0.2) is 9.69 Å². The zero-order valence-corrected chi connectivity index (χ0v) is 14.1. The third kappa shape index (κ3) is 2.66. The first-order valence-electron chi connectivity index (χ1n) is 8.45. The van der Waals surface area contributed by atoms with Crippen LogP contribution in [0.25, 0.3) is 0 Å². The standard InChI is InChI=1S/C18H23N3O3/c1-13(15(22)20-11-7-4-8-12-20)21-16(23)18(2,19-17(21)24)14-9-5-3-6-10-14/h3,5-6,9-10,13H,4,7-8,11-12H2,1-2H3,(H,19,24)/t13-,18+/m1/s1. The van der Waals surface area contributed by atoms with E-state index in [9.17, 15) is 14.4 Å². The number of imide groups is 1. The molecule has 0 saturated carbocycles. The van der Waals surface area contributed by atoms with Gasteiger partial charge in [-0.15, -0.1) is 0 Å².